The second-order valence-electron chi connectivity index (χ2n) is 5.38. The van der Waals surface area contributed by atoms with Gasteiger partial charge in [-0.3, -0.25) is 0 Å². The minimum Gasteiger partial charge on any atom is -0.321 e. The van der Waals surface area contributed by atoms with Crippen LogP contribution in [0, 0.1) is 5.41 Å². The summed E-state index contributed by atoms with van der Waals surface area (Å²) < 4.78 is 0. The molecule has 2 rings (SSSR count). The maximum Gasteiger partial charge on any atom is 0.0438 e. The van der Waals surface area contributed by atoms with Crippen LogP contribution < -0.4 is 5.73 Å². The molecule has 0 saturated carbocycles. The lowest BCUT2D eigenvalue weighted by molar-refractivity contribution is 0.211. The van der Waals surface area contributed by atoms with Crippen molar-refractivity contribution >= 4 is 6.08 Å². The molecule has 0 aromatic heterocycles. The van der Waals surface area contributed by atoms with Crippen LogP contribution in [-0.2, 0) is 12.0 Å². The number of hydrogen-bond donors (Lipinski definition) is 1. The summed E-state index contributed by atoms with van der Waals surface area (Å²) in [6.07, 6.45) is 2.94. The van der Waals surface area contributed by atoms with Crippen molar-refractivity contribution in [2.24, 2.45) is 11.1 Å². The predicted octanol–water partition coefficient (Wildman–Crippen LogP) is 3.09. The predicted molar refractivity (Wildman–Crippen MR) is 65.6 cm³/mol. The van der Waals surface area contributed by atoms with Gasteiger partial charge in [-0.1, -0.05) is 38.6 Å². The Bertz CT molecular complexity index is 413. The molecule has 1 atom stereocenters. The molecule has 1 heteroatoms. The van der Waals surface area contributed by atoms with E-state index in [1.807, 2.05) is 6.08 Å². The Hall–Kier alpha value is -1.08. The molecular formula is C14H19N. The highest BCUT2D eigenvalue weighted by Gasteiger charge is 2.45. The van der Waals surface area contributed by atoms with Crippen LogP contribution in [-0.4, -0.2) is 0 Å². The van der Waals surface area contributed by atoms with Gasteiger partial charge in [0, 0.05) is 5.54 Å². The highest BCUT2D eigenvalue weighted by molar-refractivity contribution is 5.53. The van der Waals surface area contributed by atoms with Crippen LogP contribution in [0.1, 0.15) is 37.5 Å². The molecule has 2 N–H and O–H groups in total. The molecule has 1 aliphatic rings. The van der Waals surface area contributed by atoms with E-state index in [1.54, 1.807) is 0 Å². The third-order valence-electron chi connectivity index (χ3n) is 3.97. The third-order valence-corrected chi connectivity index (χ3v) is 3.97. The summed E-state index contributed by atoms with van der Waals surface area (Å²) in [6, 6.07) is 6.48. The third kappa shape index (κ3) is 1.34. The molecular weight excluding hydrogens is 182 g/mol. The van der Waals surface area contributed by atoms with Crippen LogP contribution in [0.3, 0.4) is 0 Å². The molecule has 1 aromatic carbocycles. The molecule has 0 aliphatic heterocycles. The number of fused-ring (bicyclic) bond motifs is 1. The molecule has 1 aromatic rings. The highest BCUT2D eigenvalue weighted by Crippen LogP contribution is 2.48. The Morgan fingerprint density at radius 3 is 2.60 bits per heavy atom. The Labute approximate surface area is 92.0 Å². The van der Waals surface area contributed by atoms with E-state index in [0.29, 0.717) is 0 Å². The van der Waals surface area contributed by atoms with Crippen molar-refractivity contribution < 1.29 is 0 Å². The van der Waals surface area contributed by atoms with Gasteiger partial charge in [0.1, 0.15) is 0 Å². The first-order chi connectivity index (χ1) is 6.88. The van der Waals surface area contributed by atoms with Crippen LogP contribution >= 0.6 is 0 Å². The second-order valence-corrected chi connectivity index (χ2v) is 5.38. The van der Waals surface area contributed by atoms with Crippen molar-refractivity contribution in [1.29, 1.82) is 0 Å². The summed E-state index contributed by atoms with van der Waals surface area (Å²) in [6.45, 7) is 10.4. The molecule has 0 radical (unpaired) electrons. The first-order valence-corrected chi connectivity index (χ1v) is 5.43. The Morgan fingerprint density at radius 2 is 2.00 bits per heavy atom. The normalized spacial score (nSPS) is 27.5. The van der Waals surface area contributed by atoms with Crippen molar-refractivity contribution in [3.63, 3.8) is 0 Å². The van der Waals surface area contributed by atoms with Gasteiger partial charge in [0.2, 0.25) is 0 Å². The van der Waals surface area contributed by atoms with Gasteiger partial charge in [-0.15, -0.1) is 0 Å². The molecule has 1 unspecified atom stereocenters. The lowest BCUT2D eigenvalue weighted by Crippen LogP contribution is -2.43. The van der Waals surface area contributed by atoms with Crippen LogP contribution in [0.5, 0.6) is 0 Å². The zero-order valence-electron chi connectivity index (χ0n) is 9.80. The fourth-order valence-corrected chi connectivity index (χ4v) is 2.38. The molecule has 0 heterocycles. The Balaban J connectivity index is 2.61. The zero-order chi connectivity index (χ0) is 11.3. The number of rotatable bonds is 1. The van der Waals surface area contributed by atoms with Gasteiger partial charge in [-0.05, 0) is 41.5 Å². The summed E-state index contributed by atoms with van der Waals surface area (Å²) in [5.41, 5.74) is 10.2. The maximum atomic E-state index is 6.46. The molecule has 0 amide bonds. The van der Waals surface area contributed by atoms with Gasteiger partial charge in [-0.25, -0.2) is 0 Å². The molecule has 15 heavy (non-hydrogen) atoms. The monoisotopic (exact) mass is 201 g/mol. The topological polar surface area (TPSA) is 26.0 Å². The average Bonchev–Trinajstić information content (AvgIpc) is 2.34. The van der Waals surface area contributed by atoms with E-state index in [0.717, 1.165) is 12.0 Å². The minimum atomic E-state index is -0.235. The van der Waals surface area contributed by atoms with Gasteiger partial charge in [0.25, 0.3) is 0 Å². The molecule has 1 aliphatic carbocycles. The lowest BCUT2D eigenvalue weighted by atomic mass is 9.75. The SMILES string of the molecule is C=Cc1ccc2c(c1)C(C)(N)C(C)(C)C2. The van der Waals surface area contributed by atoms with Crippen molar-refractivity contribution in [1.82, 2.24) is 0 Å². The fraction of sp³-hybridized carbons (Fsp3) is 0.429. The molecule has 0 saturated heterocycles. The van der Waals surface area contributed by atoms with Gasteiger partial charge >= 0.3 is 0 Å². The first-order valence-electron chi connectivity index (χ1n) is 5.43. The molecule has 0 fully saturated rings. The Kier molecular flexibility index (Phi) is 2.06. The first kappa shape index (κ1) is 10.4. The standard InChI is InChI=1S/C14H19N/c1-5-10-6-7-11-9-13(2,3)14(4,15)12(11)8-10/h5-8H,1,9,15H2,2-4H3. The van der Waals surface area contributed by atoms with Gasteiger partial charge in [-0.2, -0.15) is 0 Å². The number of nitrogens with two attached hydrogens (primary N) is 1. The van der Waals surface area contributed by atoms with Crippen LogP contribution in [0.4, 0.5) is 0 Å². The fourth-order valence-electron chi connectivity index (χ4n) is 2.38. The van der Waals surface area contributed by atoms with Gasteiger partial charge in [0.05, 0.1) is 0 Å². The van der Waals surface area contributed by atoms with E-state index < -0.39 is 0 Å². The van der Waals surface area contributed by atoms with Crippen molar-refractivity contribution in [3.8, 4) is 0 Å². The zero-order valence-corrected chi connectivity index (χ0v) is 9.80. The van der Waals surface area contributed by atoms with Crippen molar-refractivity contribution in [2.75, 3.05) is 0 Å². The molecule has 1 nitrogen and oxygen atoms in total. The van der Waals surface area contributed by atoms with E-state index >= 15 is 0 Å². The van der Waals surface area contributed by atoms with E-state index in [4.69, 9.17) is 5.73 Å². The highest BCUT2D eigenvalue weighted by atomic mass is 14.8. The van der Waals surface area contributed by atoms with E-state index in [2.05, 4.69) is 45.5 Å². The summed E-state index contributed by atoms with van der Waals surface area (Å²) in [4.78, 5) is 0. The van der Waals surface area contributed by atoms with Crippen LogP contribution in [0.2, 0.25) is 0 Å². The van der Waals surface area contributed by atoms with E-state index in [1.165, 1.54) is 11.1 Å². The van der Waals surface area contributed by atoms with Crippen molar-refractivity contribution in [2.45, 2.75) is 32.7 Å². The second kappa shape index (κ2) is 2.96. The number of benzene rings is 1. The lowest BCUT2D eigenvalue weighted by Gasteiger charge is -2.35. The number of hydrogen-bond acceptors (Lipinski definition) is 1. The van der Waals surface area contributed by atoms with Crippen molar-refractivity contribution in [3.05, 3.63) is 41.5 Å². The van der Waals surface area contributed by atoms with Gasteiger partial charge in [0.15, 0.2) is 0 Å². The Morgan fingerprint density at radius 1 is 1.33 bits per heavy atom. The quantitative estimate of drug-likeness (QED) is 0.742. The van der Waals surface area contributed by atoms with E-state index in [-0.39, 0.29) is 11.0 Å². The molecule has 0 spiro atoms. The summed E-state index contributed by atoms with van der Waals surface area (Å²) in [7, 11) is 0. The minimum absolute atomic E-state index is 0.134. The maximum absolute atomic E-state index is 6.46. The summed E-state index contributed by atoms with van der Waals surface area (Å²) in [5.74, 6) is 0. The van der Waals surface area contributed by atoms with Gasteiger partial charge < -0.3 is 5.73 Å². The largest absolute Gasteiger partial charge is 0.321 e. The molecule has 0 bridgehead atoms. The van der Waals surface area contributed by atoms with E-state index in [9.17, 15) is 0 Å². The average molecular weight is 201 g/mol. The molecule has 80 valence electrons. The van der Waals surface area contributed by atoms with Crippen LogP contribution in [0.25, 0.3) is 6.08 Å². The summed E-state index contributed by atoms with van der Waals surface area (Å²) in [5, 5.41) is 0. The smallest absolute Gasteiger partial charge is 0.0438 e. The van der Waals surface area contributed by atoms with Crippen LogP contribution in [0.15, 0.2) is 24.8 Å². The summed E-state index contributed by atoms with van der Waals surface area (Å²) >= 11 is 0.